The molecule has 27 heavy (non-hydrogen) atoms. The highest BCUT2D eigenvalue weighted by Crippen LogP contribution is 2.24. The molecule has 2 aromatic rings. The minimum atomic E-state index is -3.51. The van der Waals surface area contributed by atoms with Crippen molar-refractivity contribution in [3.63, 3.8) is 0 Å². The molecule has 7 heteroatoms. The number of nitrogens with one attached hydrogen (secondary N) is 1. The fourth-order valence-electron chi connectivity index (χ4n) is 3.26. The third-order valence-corrected chi connectivity index (χ3v) is 7.12. The summed E-state index contributed by atoms with van der Waals surface area (Å²) < 4.78 is 38.3. The van der Waals surface area contributed by atoms with Crippen LogP contribution in [-0.2, 0) is 16.3 Å². The minimum Gasteiger partial charge on any atom is -0.338 e. The summed E-state index contributed by atoms with van der Waals surface area (Å²) in [4.78, 5) is 14.1. The van der Waals surface area contributed by atoms with E-state index in [2.05, 4.69) is 5.32 Å². The Morgan fingerprint density at radius 2 is 1.67 bits per heavy atom. The number of benzene rings is 2. The molecular weight excluding hydrogens is 367 g/mol. The van der Waals surface area contributed by atoms with Gasteiger partial charge in [0.2, 0.25) is 0 Å². The number of piperidine rings is 1. The number of rotatable bonds is 5. The Balaban J connectivity index is 1.49. The highest BCUT2D eigenvalue weighted by atomic mass is 32.2. The standard InChI is InChI=1S/C20H23FN2O3S/c21-17-6-8-18(9-7-17)27(25,26)19-11-14-23(15-12-19)20(24)22-13-10-16-4-2-1-3-5-16/h1-9,19H,10-15H2,(H,22,24). The molecule has 2 aromatic carbocycles. The van der Waals surface area contributed by atoms with Crippen molar-refractivity contribution in [3.8, 4) is 0 Å². The van der Waals surface area contributed by atoms with E-state index < -0.39 is 20.9 Å². The van der Waals surface area contributed by atoms with Gasteiger partial charge in [0.25, 0.3) is 0 Å². The van der Waals surface area contributed by atoms with Crippen molar-refractivity contribution < 1.29 is 17.6 Å². The van der Waals surface area contributed by atoms with Crippen molar-refractivity contribution >= 4 is 15.9 Å². The van der Waals surface area contributed by atoms with Gasteiger partial charge in [-0.3, -0.25) is 0 Å². The quantitative estimate of drug-likeness (QED) is 0.798. The smallest absolute Gasteiger partial charge is 0.317 e. The monoisotopic (exact) mass is 390 g/mol. The predicted octanol–water partition coefficient (Wildman–Crippen LogP) is 3.02. The summed E-state index contributed by atoms with van der Waals surface area (Å²) in [6, 6.07) is 14.6. The number of nitrogens with zero attached hydrogens (tertiary/aromatic N) is 1. The van der Waals surface area contributed by atoms with E-state index in [4.69, 9.17) is 0 Å². The first-order valence-corrected chi connectivity index (χ1v) is 10.6. The van der Waals surface area contributed by atoms with Crippen LogP contribution < -0.4 is 5.32 Å². The lowest BCUT2D eigenvalue weighted by atomic mass is 10.1. The van der Waals surface area contributed by atoms with Crippen molar-refractivity contribution in [2.75, 3.05) is 19.6 Å². The van der Waals surface area contributed by atoms with Crippen molar-refractivity contribution in [1.29, 1.82) is 0 Å². The Labute approximate surface area is 159 Å². The molecule has 1 saturated heterocycles. The maximum Gasteiger partial charge on any atom is 0.317 e. The van der Waals surface area contributed by atoms with Gasteiger partial charge in [-0.15, -0.1) is 0 Å². The summed E-state index contributed by atoms with van der Waals surface area (Å²) in [5, 5.41) is 2.34. The van der Waals surface area contributed by atoms with Gasteiger partial charge < -0.3 is 10.2 Å². The zero-order chi connectivity index (χ0) is 19.3. The van der Waals surface area contributed by atoms with Crippen molar-refractivity contribution in [2.24, 2.45) is 0 Å². The lowest BCUT2D eigenvalue weighted by molar-refractivity contribution is 0.187. The van der Waals surface area contributed by atoms with Crippen LogP contribution in [0.5, 0.6) is 0 Å². The van der Waals surface area contributed by atoms with E-state index in [0.717, 1.165) is 24.1 Å². The van der Waals surface area contributed by atoms with E-state index in [0.29, 0.717) is 32.5 Å². The van der Waals surface area contributed by atoms with Crippen molar-refractivity contribution in [2.45, 2.75) is 29.4 Å². The van der Waals surface area contributed by atoms with Crippen LogP contribution in [0.3, 0.4) is 0 Å². The van der Waals surface area contributed by atoms with E-state index in [-0.39, 0.29) is 10.9 Å². The number of halogens is 1. The molecule has 1 N–H and O–H groups in total. The van der Waals surface area contributed by atoms with Crippen LogP contribution in [0, 0.1) is 5.82 Å². The molecule has 2 amide bonds. The topological polar surface area (TPSA) is 66.5 Å². The van der Waals surface area contributed by atoms with Crippen LogP contribution in [0.4, 0.5) is 9.18 Å². The molecule has 1 fully saturated rings. The number of carbonyl (C=O) groups is 1. The van der Waals surface area contributed by atoms with E-state index >= 15 is 0 Å². The summed E-state index contributed by atoms with van der Waals surface area (Å²) >= 11 is 0. The first-order valence-electron chi connectivity index (χ1n) is 9.03. The van der Waals surface area contributed by atoms with Crippen molar-refractivity contribution in [3.05, 3.63) is 66.0 Å². The maximum atomic E-state index is 13.0. The fraction of sp³-hybridized carbons (Fsp3) is 0.350. The molecule has 0 aromatic heterocycles. The molecule has 3 rings (SSSR count). The highest BCUT2D eigenvalue weighted by molar-refractivity contribution is 7.92. The largest absolute Gasteiger partial charge is 0.338 e. The van der Waals surface area contributed by atoms with Crippen LogP contribution in [0.1, 0.15) is 18.4 Å². The number of hydrogen-bond acceptors (Lipinski definition) is 3. The average Bonchev–Trinajstić information content (AvgIpc) is 2.69. The Hall–Kier alpha value is -2.41. The van der Waals surface area contributed by atoms with Gasteiger partial charge in [-0.2, -0.15) is 0 Å². The Kier molecular flexibility index (Phi) is 6.11. The number of urea groups is 1. The molecule has 1 aliphatic rings. The van der Waals surface area contributed by atoms with Gasteiger partial charge in [-0.25, -0.2) is 17.6 Å². The summed E-state index contributed by atoms with van der Waals surface area (Å²) in [7, 11) is -3.51. The lowest BCUT2D eigenvalue weighted by Gasteiger charge is -2.31. The summed E-state index contributed by atoms with van der Waals surface area (Å²) in [6.07, 6.45) is 1.51. The molecule has 0 radical (unpaired) electrons. The summed E-state index contributed by atoms with van der Waals surface area (Å²) in [5.74, 6) is -0.462. The van der Waals surface area contributed by atoms with E-state index in [9.17, 15) is 17.6 Å². The van der Waals surface area contributed by atoms with Crippen LogP contribution in [0.2, 0.25) is 0 Å². The minimum absolute atomic E-state index is 0.134. The Bertz CT molecular complexity index is 862. The van der Waals surface area contributed by atoms with Gasteiger partial charge >= 0.3 is 6.03 Å². The molecule has 5 nitrogen and oxygen atoms in total. The molecule has 0 aliphatic carbocycles. The normalized spacial score (nSPS) is 15.5. The molecule has 0 bridgehead atoms. The SMILES string of the molecule is O=C(NCCc1ccccc1)N1CCC(S(=O)(=O)c2ccc(F)cc2)CC1. The third kappa shape index (κ3) is 4.86. The average molecular weight is 390 g/mol. The van der Waals surface area contributed by atoms with Gasteiger partial charge in [0.05, 0.1) is 10.1 Å². The number of likely N-dealkylation sites (tertiary alicyclic amines) is 1. The molecule has 1 aliphatic heterocycles. The zero-order valence-electron chi connectivity index (χ0n) is 15.0. The molecule has 0 atom stereocenters. The number of hydrogen-bond donors (Lipinski definition) is 1. The second-order valence-electron chi connectivity index (χ2n) is 6.65. The second-order valence-corrected chi connectivity index (χ2v) is 8.88. The summed E-state index contributed by atoms with van der Waals surface area (Å²) in [6.45, 7) is 1.32. The molecule has 1 heterocycles. The first-order chi connectivity index (χ1) is 13.0. The summed E-state index contributed by atoms with van der Waals surface area (Å²) in [5.41, 5.74) is 1.15. The van der Waals surface area contributed by atoms with Gasteiger partial charge in [-0.05, 0) is 49.1 Å². The Morgan fingerprint density at radius 3 is 2.30 bits per heavy atom. The van der Waals surface area contributed by atoms with Gasteiger partial charge in [0, 0.05) is 19.6 Å². The van der Waals surface area contributed by atoms with Crippen LogP contribution >= 0.6 is 0 Å². The fourth-order valence-corrected chi connectivity index (χ4v) is 4.99. The zero-order valence-corrected chi connectivity index (χ0v) is 15.8. The first kappa shape index (κ1) is 19.4. The van der Waals surface area contributed by atoms with Crippen LogP contribution in [0.15, 0.2) is 59.5 Å². The van der Waals surface area contributed by atoms with Crippen molar-refractivity contribution in [1.82, 2.24) is 10.2 Å². The molecule has 0 unspecified atom stereocenters. The van der Waals surface area contributed by atoms with E-state index in [1.54, 1.807) is 4.90 Å². The Morgan fingerprint density at radius 1 is 1.04 bits per heavy atom. The molecule has 0 saturated carbocycles. The maximum absolute atomic E-state index is 13.0. The molecular formula is C20H23FN2O3S. The van der Waals surface area contributed by atoms with Gasteiger partial charge in [0.1, 0.15) is 5.82 Å². The number of sulfone groups is 1. The molecule has 144 valence electrons. The highest BCUT2D eigenvalue weighted by Gasteiger charge is 2.32. The number of amides is 2. The van der Waals surface area contributed by atoms with Gasteiger partial charge in [0.15, 0.2) is 9.84 Å². The van der Waals surface area contributed by atoms with Crippen LogP contribution in [-0.4, -0.2) is 44.2 Å². The van der Waals surface area contributed by atoms with Gasteiger partial charge in [-0.1, -0.05) is 30.3 Å². The number of carbonyl (C=O) groups excluding carboxylic acids is 1. The second kappa shape index (κ2) is 8.52. The lowest BCUT2D eigenvalue weighted by Crippen LogP contribution is -2.47. The van der Waals surface area contributed by atoms with E-state index in [1.807, 2.05) is 30.3 Å². The van der Waals surface area contributed by atoms with E-state index in [1.165, 1.54) is 12.1 Å². The van der Waals surface area contributed by atoms with Crippen LogP contribution in [0.25, 0.3) is 0 Å². The third-order valence-electron chi connectivity index (χ3n) is 4.84. The molecule has 0 spiro atoms. The predicted molar refractivity (Wildman–Crippen MR) is 102 cm³/mol.